The molecule has 2 heterocycles. The van der Waals surface area contributed by atoms with Gasteiger partial charge in [-0.05, 0) is 31.2 Å². The number of hydrogen-bond acceptors (Lipinski definition) is 1. The Morgan fingerprint density at radius 1 is 1.32 bits per heavy atom. The maximum Gasteiger partial charge on any atom is 0.228 e. The Bertz CT molecular complexity index is 397. The maximum absolute atomic E-state index is 12.1. The molecular formula is C15H23BrN2O. The molecule has 1 fully saturated rings. The van der Waals surface area contributed by atoms with Crippen LogP contribution in [0.5, 0.6) is 0 Å². The van der Waals surface area contributed by atoms with Crippen molar-refractivity contribution in [3.63, 3.8) is 0 Å². The molecule has 0 radical (unpaired) electrons. The lowest BCUT2D eigenvalue weighted by molar-refractivity contribution is -0.696. The summed E-state index contributed by atoms with van der Waals surface area (Å²) in [4.78, 5) is 14.1. The third-order valence-electron chi connectivity index (χ3n) is 3.78. The first-order chi connectivity index (χ1) is 8.65. The van der Waals surface area contributed by atoms with Gasteiger partial charge in [-0.25, -0.2) is 4.57 Å². The Labute approximate surface area is 126 Å². The van der Waals surface area contributed by atoms with E-state index in [1.807, 2.05) is 17.3 Å². The molecular weight excluding hydrogens is 304 g/mol. The second-order valence-corrected chi connectivity index (χ2v) is 5.43. The van der Waals surface area contributed by atoms with Crippen molar-refractivity contribution >= 4 is 5.91 Å². The standard InChI is InChI=1S/C15H23N2O.BrH/c1-13-3-8-16(9-4-13)10-7-15(18)17-11-5-14(2)6-12-17;/h3-4,8-9,14H,5-7,10-12H2,1-2H3;1H/q+1;/p-1. The molecule has 19 heavy (non-hydrogen) atoms. The summed E-state index contributed by atoms with van der Waals surface area (Å²) in [6, 6.07) is 4.15. The molecule has 0 atom stereocenters. The van der Waals surface area contributed by atoms with E-state index in [0.717, 1.165) is 38.4 Å². The highest BCUT2D eigenvalue weighted by Crippen LogP contribution is 2.16. The van der Waals surface area contributed by atoms with Gasteiger partial charge in [-0.2, -0.15) is 0 Å². The molecule has 0 N–H and O–H groups in total. The smallest absolute Gasteiger partial charge is 0.228 e. The van der Waals surface area contributed by atoms with Crippen molar-refractivity contribution in [1.82, 2.24) is 4.90 Å². The Balaban J connectivity index is 0.00000180. The van der Waals surface area contributed by atoms with Gasteiger partial charge in [0, 0.05) is 25.2 Å². The van der Waals surface area contributed by atoms with Crippen molar-refractivity contribution in [3.05, 3.63) is 30.1 Å². The second kappa shape index (κ2) is 7.63. The van der Waals surface area contributed by atoms with Gasteiger partial charge in [-0.3, -0.25) is 4.79 Å². The molecule has 0 saturated carbocycles. The van der Waals surface area contributed by atoms with Crippen LogP contribution in [0.2, 0.25) is 0 Å². The number of aryl methyl sites for hydroxylation is 2. The first-order valence-corrected chi connectivity index (χ1v) is 6.88. The fraction of sp³-hybridized carbons (Fsp3) is 0.600. The SMILES string of the molecule is Cc1cc[n+](CCC(=O)N2CCC(C)CC2)cc1.[Br-]. The van der Waals surface area contributed by atoms with E-state index < -0.39 is 0 Å². The van der Waals surface area contributed by atoms with Crippen LogP contribution in [0.4, 0.5) is 0 Å². The van der Waals surface area contributed by atoms with Gasteiger partial charge in [0.25, 0.3) is 0 Å². The summed E-state index contributed by atoms with van der Waals surface area (Å²) in [5, 5.41) is 0. The van der Waals surface area contributed by atoms with Crippen molar-refractivity contribution in [2.75, 3.05) is 13.1 Å². The van der Waals surface area contributed by atoms with Crippen molar-refractivity contribution in [3.8, 4) is 0 Å². The van der Waals surface area contributed by atoms with Crippen molar-refractivity contribution in [2.45, 2.75) is 39.7 Å². The van der Waals surface area contributed by atoms with E-state index in [9.17, 15) is 4.79 Å². The third kappa shape index (κ3) is 4.94. The molecule has 0 spiro atoms. The first kappa shape index (κ1) is 16.2. The van der Waals surface area contributed by atoms with Gasteiger partial charge in [-0.15, -0.1) is 0 Å². The normalized spacial score (nSPS) is 16.0. The number of carbonyl (C=O) groups excluding carboxylic acids is 1. The molecule has 4 heteroatoms. The fourth-order valence-electron chi connectivity index (χ4n) is 2.32. The zero-order valence-electron chi connectivity index (χ0n) is 11.8. The minimum atomic E-state index is 0. The van der Waals surface area contributed by atoms with Gasteiger partial charge in [0.2, 0.25) is 5.91 Å². The van der Waals surface area contributed by atoms with E-state index in [0.29, 0.717) is 12.3 Å². The van der Waals surface area contributed by atoms with Crippen LogP contribution in [0.15, 0.2) is 24.5 Å². The van der Waals surface area contributed by atoms with Gasteiger partial charge in [0.05, 0.1) is 6.42 Å². The lowest BCUT2D eigenvalue weighted by atomic mass is 9.99. The lowest BCUT2D eigenvalue weighted by Gasteiger charge is -2.30. The molecule has 106 valence electrons. The minimum Gasteiger partial charge on any atom is -1.00 e. The molecule has 0 aliphatic carbocycles. The summed E-state index contributed by atoms with van der Waals surface area (Å²) in [6.07, 6.45) is 7.01. The molecule has 1 saturated heterocycles. The van der Waals surface area contributed by atoms with Crippen LogP contribution in [0, 0.1) is 12.8 Å². The number of halogens is 1. The Morgan fingerprint density at radius 2 is 1.89 bits per heavy atom. The van der Waals surface area contributed by atoms with Crippen LogP contribution in [0.1, 0.15) is 31.7 Å². The topological polar surface area (TPSA) is 24.2 Å². The number of aromatic nitrogens is 1. The third-order valence-corrected chi connectivity index (χ3v) is 3.78. The number of piperidine rings is 1. The maximum atomic E-state index is 12.1. The van der Waals surface area contributed by atoms with E-state index in [1.54, 1.807) is 0 Å². The predicted molar refractivity (Wildman–Crippen MR) is 71.0 cm³/mol. The molecule has 0 aromatic carbocycles. The Kier molecular flexibility index (Phi) is 6.49. The molecule has 1 aliphatic rings. The summed E-state index contributed by atoms with van der Waals surface area (Å²) in [6.45, 7) is 7.01. The number of amides is 1. The van der Waals surface area contributed by atoms with Gasteiger partial charge in [0.15, 0.2) is 18.9 Å². The number of pyridine rings is 1. The first-order valence-electron chi connectivity index (χ1n) is 6.88. The average molecular weight is 327 g/mol. The van der Waals surface area contributed by atoms with Gasteiger partial charge < -0.3 is 21.9 Å². The van der Waals surface area contributed by atoms with Crippen LogP contribution >= 0.6 is 0 Å². The number of nitrogens with zero attached hydrogens (tertiary/aromatic N) is 2. The lowest BCUT2D eigenvalue weighted by Crippen LogP contribution is -3.00. The highest BCUT2D eigenvalue weighted by Gasteiger charge is 2.20. The number of likely N-dealkylation sites (tertiary alicyclic amines) is 1. The van der Waals surface area contributed by atoms with Crippen LogP contribution in [-0.2, 0) is 11.3 Å². The molecule has 0 unspecified atom stereocenters. The molecule has 0 bridgehead atoms. The van der Waals surface area contributed by atoms with Gasteiger partial charge >= 0.3 is 0 Å². The summed E-state index contributed by atoms with van der Waals surface area (Å²) < 4.78 is 2.08. The monoisotopic (exact) mass is 326 g/mol. The van der Waals surface area contributed by atoms with E-state index >= 15 is 0 Å². The van der Waals surface area contributed by atoms with Gasteiger partial charge in [-0.1, -0.05) is 6.92 Å². The quantitative estimate of drug-likeness (QED) is 0.649. The second-order valence-electron chi connectivity index (χ2n) is 5.43. The van der Waals surface area contributed by atoms with E-state index in [4.69, 9.17) is 0 Å². The molecule has 1 aromatic rings. The molecule has 1 aliphatic heterocycles. The number of hydrogen-bond donors (Lipinski definition) is 0. The van der Waals surface area contributed by atoms with E-state index in [-0.39, 0.29) is 17.0 Å². The Hall–Kier alpha value is -0.900. The van der Waals surface area contributed by atoms with Crippen LogP contribution < -0.4 is 21.5 Å². The molecule has 2 rings (SSSR count). The van der Waals surface area contributed by atoms with Gasteiger partial charge in [0.1, 0.15) is 0 Å². The Morgan fingerprint density at radius 3 is 2.47 bits per heavy atom. The van der Waals surface area contributed by atoms with Crippen molar-refractivity contribution in [2.24, 2.45) is 5.92 Å². The molecule has 1 aromatic heterocycles. The highest BCUT2D eigenvalue weighted by molar-refractivity contribution is 5.76. The van der Waals surface area contributed by atoms with Crippen molar-refractivity contribution < 1.29 is 26.3 Å². The molecule has 3 nitrogen and oxygen atoms in total. The average Bonchev–Trinajstić information content (AvgIpc) is 2.38. The van der Waals surface area contributed by atoms with E-state index in [1.165, 1.54) is 5.56 Å². The zero-order chi connectivity index (χ0) is 13.0. The fourth-order valence-corrected chi connectivity index (χ4v) is 2.32. The highest BCUT2D eigenvalue weighted by atomic mass is 79.9. The number of rotatable bonds is 3. The van der Waals surface area contributed by atoms with Crippen LogP contribution in [0.3, 0.4) is 0 Å². The largest absolute Gasteiger partial charge is 1.00 e. The van der Waals surface area contributed by atoms with Crippen molar-refractivity contribution in [1.29, 1.82) is 0 Å². The summed E-state index contributed by atoms with van der Waals surface area (Å²) in [5.74, 6) is 1.08. The van der Waals surface area contributed by atoms with E-state index in [2.05, 4.69) is 30.5 Å². The molecule has 1 amide bonds. The summed E-state index contributed by atoms with van der Waals surface area (Å²) in [5.41, 5.74) is 1.25. The minimum absolute atomic E-state index is 0. The predicted octanol–water partition coefficient (Wildman–Crippen LogP) is -1.06. The van der Waals surface area contributed by atoms with Crippen LogP contribution in [-0.4, -0.2) is 23.9 Å². The summed E-state index contributed by atoms with van der Waals surface area (Å²) in [7, 11) is 0. The van der Waals surface area contributed by atoms with Crippen LogP contribution in [0.25, 0.3) is 0 Å². The zero-order valence-corrected chi connectivity index (χ0v) is 13.4. The summed E-state index contributed by atoms with van der Waals surface area (Å²) >= 11 is 0. The number of carbonyl (C=O) groups is 1.